The highest BCUT2D eigenvalue weighted by atomic mass is 28.4. The molecule has 0 saturated heterocycles. The first-order valence-corrected chi connectivity index (χ1v) is 11.1. The van der Waals surface area contributed by atoms with Gasteiger partial charge in [0.15, 0.2) is 0 Å². The highest BCUT2D eigenvalue weighted by molar-refractivity contribution is 6.60. The maximum atomic E-state index is 6.05. The zero-order valence-electron chi connectivity index (χ0n) is 15.7. The molecule has 0 aromatic carbocycles. The molecule has 0 unspecified atom stereocenters. The Balaban J connectivity index is 4.01. The van der Waals surface area contributed by atoms with Gasteiger partial charge in [0, 0.05) is 20.3 Å². The molecule has 0 rings (SSSR count). The predicted molar refractivity (Wildman–Crippen MR) is 102 cm³/mol. The van der Waals surface area contributed by atoms with Crippen molar-refractivity contribution in [3.05, 3.63) is 24.8 Å². The second-order valence-electron chi connectivity index (χ2n) is 6.18. The molecule has 0 aromatic heterocycles. The lowest BCUT2D eigenvalue weighted by Crippen LogP contribution is -2.44. The smallest absolute Gasteiger partial charge is 0.377 e. The van der Waals surface area contributed by atoms with Gasteiger partial charge in [0.2, 0.25) is 0 Å². The van der Waals surface area contributed by atoms with Gasteiger partial charge in [-0.1, -0.05) is 57.3 Å². The summed E-state index contributed by atoms with van der Waals surface area (Å²) in [6.45, 7) is 10.7. The summed E-state index contributed by atoms with van der Waals surface area (Å²) in [5.74, 6) is 0. The van der Waals surface area contributed by atoms with E-state index in [4.69, 9.17) is 13.3 Å². The van der Waals surface area contributed by atoms with Crippen LogP contribution in [0.25, 0.3) is 0 Å². The van der Waals surface area contributed by atoms with E-state index in [-0.39, 0.29) is 0 Å². The van der Waals surface area contributed by atoms with E-state index in [0.29, 0.717) is 6.61 Å². The molecule has 0 aliphatic heterocycles. The largest absolute Gasteiger partial charge is 0.500 e. The van der Waals surface area contributed by atoms with E-state index in [2.05, 4.69) is 20.1 Å². The van der Waals surface area contributed by atoms with Gasteiger partial charge in [-0.2, -0.15) is 0 Å². The normalized spacial score (nSPS) is 11.6. The first kappa shape index (κ1) is 22.6. The van der Waals surface area contributed by atoms with Gasteiger partial charge >= 0.3 is 8.80 Å². The van der Waals surface area contributed by atoms with Crippen molar-refractivity contribution in [2.24, 2.45) is 0 Å². The van der Waals surface area contributed by atoms with Gasteiger partial charge in [0.1, 0.15) is 0 Å². The Kier molecular flexibility index (Phi) is 14.8. The molecule has 0 aliphatic carbocycles. The van der Waals surface area contributed by atoms with Crippen LogP contribution < -0.4 is 0 Å². The molecular formula is C19H38O3Si. The van der Waals surface area contributed by atoms with Crippen molar-refractivity contribution in [3.63, 3.8) is 0 Å². The molecule has 0 fully saturated rings. The fourth-order valence-corrected chi connectivity index (χ4v) is 4.61. The lowest BCUT2D eigenvalue weighted by Gasteiger charge is -2.27. The van der Waals surface area contributed by atoms with E-state index in [1.54, 1.807) is 14.2 Å². The van der Waals surface area contributed by atoms with E-state index >= 15 is 0 Å². The Bertz CT molecular complexity index is 301. The van der Waals surface area contributed by atoms with Crippen molar-refractivity contribution in [2.45, 2.75) is 77.2 Å². The highest BCUT2D eigenvalue weighted by Gasteiger charge is 2.38. The van der Waals surface area contributed by atoms with Crippen LogP contribution in [-0.2, 0) is 13.3 Å². The van der Waals surface area contributed by atoms with Crippen molar-refractivity contribution in [3.8, 4) is 0 Å². The summed E-state index contributed by atoms with van der Waals surface area (Å²) in [7, 11) is 0.901. The molecule has 0 atom stereocenters. The molecule has 136 valence electrons. The quantitative estimate of drug-likeness (QED) is 0.187. The van der Waals surface area contributed by atoms with Gasteiger partial charge in [-0.3, -0.25) is 0 Å². The maximum Gasteiger partial charge on any atom is 0.500 e. The third-order valence-electron chi connectivity index (χ3n) is 4.14. The monoisotopic (exact) mass is 342 g/mol. The van der Waals surface area contributed by atoms with E-state index in [0.717, 1.165) is 30.9 Å². The molecule has 0 amide bonds. The zero-order valence-corrected chi connectivity index (χ0v) is 16.7. The number of rotatable bonds is 17. The van der Waals surface area contributed by atoms with Gasteiger partial charge in [-0.15, -0.1) is 6.58 Å². The van der Waals surface area contributed by atoms with Crippen LogP contribution >= 0.6 is 0 Å². The van der Waals surface area contributed by atoms with Gasteiger partial charge in [-0.25, -0.2) is 0 Å². The lowest BCUT2D eigenvalue weighted by molar-refractivity contribution is 0.106. The van der Waals surface area contributed by atoms with Crippen molar-refractivity contribution in [1.29, 1.82) is 0 Å². The predicted octanol–water partition coefficient (Wildman–Crippen LogP) is 5.90. The van der Waals surface area contributed by atoms with Crippen molar-refractivity contribution in [1.82, 2.24) is 0 Å². The van der Waals surface area contributed by atoms with Crippen molar-refractivity contribution in [2.75, 3.05) is 20.8 Å². The number of allylic oxidation sites excluding steroid dienone is 1. The fraction of sp³-hybridized carbons (Fsp3) is 0.789. The Morgan fingerprint density at radius 3 is 2.22 bits per heavy atom. The van der Waals surface area contributed by atoms with Crippen LogP contribution in [0.2, 0.25) is 6.04 Å². The van der Waals surface area contributed by atoms with Crippen LogP contribution in [0, 0.1) is 0 Å². The van der Waals surface area contributed by atoms with E-state index in [9.17, 15) is 0 Å². The number of unbranched alkanes of at least 4 members (excludes halogenated alkanes) is 7. The molecule has 0 spiro atoms. The van der Waals surface area contributed by atoms with Gasteiger partial charge < -0.3 is 13.3 Å². The summed E-state index contributed by atoms with van der Waals surface area (Å²) >= 11 is 0. The van der Waals surface area contributed by atoms with Crippen molar-refractivity contribution >= 4 is 8.80 Å². The minimum Gasteiger partial charge on any atom is -0.377 e. The molecular weight excluding hydrogens is 304 g/mol. The first-order chi connectivity index (χ1) is 11.1. The van der Waals surface area contributed by atoms with Crippen molar-refractivity contribution < 1.29 is 13.3 Å². The summed E-state index contributed by atoms with van der Waals surface area (Å²) in [5.41, 5.74) is 1.15. The molecule has 0 aliphatic rings. The minimum absolute atomic E-state index is 0.566. The Morgan fingerprint density at radius 2 is 1.61 bits per heavy atom. The SMILES string of the molecule is C=CCCCCCC[Si](OC)(OC)OCC(=C)CCCCCC. The van der Waals surface area contributed by atoms with E-state index < -0.39 is 8.80 Å². The molecule has 0 aromatic rings. The molecule has 3 nitrogen and oxygen atoms in total. The van der Waals surface area contributed by atoms with Crippen LogP contribution in [0.15, 0.2) is 24.8 Å². The summed E-state index contributed by atoms with van der Waals surface area (Å²) < 4.78 is 17.3. The summed E-state index contributed by atoms with van der Waals surface area (Å²) in [4.78, 5) is 0. The Morgan fingerprint density at radius 1 is 0.957 bits per heavy atom. The van der Waals surface area contributed by atoms with Crippen LogP contribution in [0.4, 0.5) is 0 Å². The van der Waals surface area contributed by atoms with E-state index in [1.165, 1.54) is 44.9 Å². The van der Waals surface area contributed by atoms with Crippen LogP contribution in [0.5, 0.6) is 0 Å². The first-order valence-electron chi connectivity index (χ1n) is 9.16. The van der Waals surface area contributed by atoms with Gasteiger partial charge in [0.05, 0.1) is 6.61 Å². The summed E-state index contributed by atoms with van der Waals surface area (Å²) in [6, 6.07) is 0.886. The van der Waals surface area contributed by atoms with Crippen LogP contribution in [0.1, 0.15) is 71.1 Å². The maximum absolute atomic E-state index is 6.05. The third-order valence-corrected chi connectivity index (χ3v) is 6.94. The Hall–Kier alpha value is -0.423. The van der Waals surface area contributed by atoms with Crippen LogP contribution in [-0.4, -0.2) is 29.6 Å². The summed E-state index contributed by atoms with van der Waals surface area (Å²) in [5, 5.41) is 0. The molecule has 0 saturated carbocycles. The molecule has 0 heterocycles. The summed E-state index contributed by atoms with van der Waals surface area (Å²) in [6.07, 6.45) is 13.9. The average molecular weight is 343 g/mol. The minimum atomic E-state index is -2.51. The standard InChI is InChI=1S/C19H38O3Si/c1-6-8-10-12-13-15-17-23(20-4,21-5)22-18-19(3)16-14-11-9-7-2/h6H,1,3,7-18H2,2,4-5H3. The number of hydrogen-bond acceptors (Lipinski definition) is 3. The molecule has 4 heteroatoms. The number of hydrogen-bond donors (Lipinski definition) is 0. The molecule has 0 N–H and O–H groups in total. The average Bonchev–Trinajstić information content (AvgIpc) is 2.58. The molecule has 23 heavy (non-hydrogen) atoms. The second kappa shape index (κ2) is 15.1. The van der Waals surface area contributed by atoms with E-state index in [1.807, 2.05) is 6.08 Å². The van der Waals surface area contributed by atoms with Gasteiger partial charge in [0.25, 0.3) is 0 Å². The van der Waals surface area contributed by atoms with Crippen LogP contribution in [0.3, 0.4) is 0 Å². The lowest BCUT2D eigenvalue weighted by atomic mass is 10.1. The topological polar surface area (TPSA) is 27.7 Å². The fourth-order valence-electron chi connectivity index (χ4n) is 2.55. The molecule has 0 bridgehead atoms. The second-order valence-corrected chi connectivity index (χ2v) is 9.15. The zero-order chi connectivity index (χ0) is 17.4. The third kappa shape index (κ3) is 11.7. The molecule has 0 radical (unpaired) electrons. The Labute approximate surface area is 145 Å². The highest BCUT2D eigenvalue weighted by Crippen LogP contribution is 2.20. The van der Waals surface area contributed by atoms with Gasteiger partial charge in [-0.05, 0) is 32.1 Å².